The van der Waals surface area contributed by atoms with Crippen molar-refractivity contribution in [3.8, 4) is 17.1 Å². The molecule has 0 saturated carbocycles. The predicted molar refractivity (Wildman–Crippen MR) is 114 cm³/mol. The van der Waals surface area contributed by atoms with E-state index in [-0.39, 0.29) is 22.3 Å². The van der Waals surface area contributed by atoms with Crippen molar-refractivity contribution in [1.29, 1.82) is 0 Å². The van der Waals surface area contributed by atoms with E-state index < -0.39 is 17.5 Å². The fourth-order valence-electron chi connectivity index (χ4n) is 2.94. The maximum absolute atomic E-state index is 13.1. The van der Waals surface area contributed by atoms with Crippen molar-refractivity contribution in [1.82, 2.24) is 0 Å². The number of ether oxygens (including phenoxy) is 1. The molecule has 3 aromatic rings. The van der Waals surface area contributed by atoms with Gasteiger partial charge in [0.25, 0.3) is 0 Å². The van der Waals surface area contributed by atoms with Gasteiger partial charge in [0.2, 0.25) is 11.2 Å². The fraction of sp³-hybridized carbons (Fsp3) is 0.304. The number of carboxylic acids is 1. The van der Waals surface area contributed by atoms with Crippen molar-refractivity contribution in [3.05, 3.63) is 62.8 Å². The number of aryl methyl sites for hydroxylation is 1. The van der Waals surface area contributed by atoms with Gasteiger partial charge in [-0.2, -0.15) is 0 Å². The van der Waals surface area contributed by atoms with Crippen LogP contribution in [0.5, 0.6) is 5.75 Å². The van der Waals surface area contributed by atoms with Gasteiger partial charge >= 0.3 is 5.97 Å². The number of hydrogen-bond donors (Lipinski definition) is 1. The van der Waals surface area contributed by atoms with E-state index in [4.69, 9.17) is 20.8 Å². The lowest BCUT2D eigenvalue weighted by Gasteiger charge is -2.19. The first-order chi connectivity index (χ1) is 13.5. The zero-order chi connectivity index (χ0) is 21.5. The van der Waals surface area contributed by atoms with E-state index in [2.05, 4.69) is 20.8 Å². The Morgan fingerprint density at radius 1 is 1.17 bits per heavy atom. The summed E-state index contributed by atoms with van der Waals surface area (Å²) < 4.78 is 11.5. The van der Waals surface area contributed by atoms with Gasteiger partial charge in [-0.1, -0.05) is 56.6 Å². The first kappa shape index (κ1) is 20.9. The average molecular weight is 415 g/mol. The van der Waals surface area contributed by atoms with E-state index in [0.717, 1.165) is 11.1 Å². The summed E-state index contributed by atoms with van der Waals surface area (Å²) in [6.45, 7) is 9.49. The van der Waals surface area contributed by atoms with Gasteiger partial charge in [0.05, 0.1) is 5.39 Å². The Hall–Kier alpha value is -2.79. The zero-order valence-corrected chi connectivity index (χ0v) is 17.8. The highest BCUT2D eigenvalue weighted by molar-refractivity contribution is 6.32. The summed E-state index contributed by atoms with van der Waals surface area (Å²) in [6.07, 6.45) is -1.22. The Bertz CT molecular complexity index is 1140. The molecule has 0 amide bonds. The van der Waals surface area contributed by atoms with Crippen molar-refractivity contribution in [2.24, 2.45) is 0 Å². The molecule has 5 nitrogen and oxygen atoms in total. The van der Waals surface area contributed by atoms with Crippen LogP contribution in [0.1, 0.15) is 38.8 Å². The quantitative estimate of drug-likeness (QED) is 0.603. The predicted octanol–water partition coefficient (Wildman–Crippen LogP) is 5.57. The van der Waals surface area contributed by atoms with Gasteiger partial charge in [-0.15, -0.1) is 0 Å². The Balaban J connectivity index is 2.27. The van der Waals surface area contributed by atoms with Crippen LogP contribution >= 0.6 is 11.6 Å². The molecule has 1 aromatic heterocycles. The molecule has 0 bridgehead atoms. The molecular formula is C23H23ClO5. The summed E-state index contributed by atoms with van der Waals surface area (Å²) in [5, 5.41) is 9.90. The summed E-state index contributed by atoms with van der Waals surface area (Å²) in [6, 6.07) is 10.8. The molecule has 0 spiro atoms. The molecule has 0 aliphatic carbocycles. The lowest BCUT2D eigenvalue weighted by molar-refractivity contribution is -0.144. The minimum atomic E-state index is -1.22. The molecule has 0 radical (unpaired) electrons. The molecule has 0 aliphatic rings. The number of rotatable bonds is 4. The molecular weight excluding hydrogens is 392 g/mol. The van der Waals surface area contributed by atoms with Gasteiger partial charge in [0, 0.05) is 10.6 Å². The molecule has 152 valence electrons. The first-order valence-electron chi connectivity index (χ1n) is 9.26. The second-order valence-electron chi connectivity index (χ2n) is 8.11. The Morgan fingerprint density at radius 3 is 2.34 bits per heavy atom. The molecule has 1 N–H and O–H groups in total. The van der Waals surface area contributed by atoms with Crippen LogP contribution in [-0.2, 0) is 10.2 Å². The first-order valence-corrected chi connectivity index (χ1v) is 9.64. The molecule has 29 heavy (non-hydrogen) atoms. The van der Waals surface area contributed by atoms with Crippen LogP contribution in [0.15, 0.2) is 45.6 Å². The summed E-state index contributed by atoms with van der Waals surface area (Å²) >= 11 is 6.17. The average Bonchev–Trinajstić information content (AvgIpc) is 2.64. The van der Waals surface area contributed by atoms with Crippen molar-refractivity contribution in [2.75, 3.05) is 0 Å². The van der Waals surface area contributed by atoms with Crippen LogP contribution in [0, 0.1) is 6.92 Å². The fourth-order valence-corrected chi connectivity index (χ4v) is 3.11. The molecule has 0 fully saturated rings. The lowest BCUT2D eigenvalue weighted by atomic mass is 9.86. The number of carboxylic acid groups (broad SMARTS) is 1. The van der Waals surface area contributed by atoms with Crippen molar-refractivity contribution in [3.63, 3.8) is 0 Å². The van der Waals surface area contributed by atoms with Gasteiger partial charge in [0.1, 0.15) is 5.58 Å². The third kappa shape index (κ3) is 4.15. The second-order valence-corrected chi connectivity index (χ2v) is 8.52. The minimum absolute atomic E-state index is 0.0340. The number of benzene rings is 2. The number of aliphatic carboxylic acids is 1. The topological polar surface area (TPSA) is 76.7 Å². The molecule has 6 heteroatoms. The van der Waals surface area contributed by atoms with Gasteiger partial charge in [-0.05, 0) is 42.5 Å². The molecule has 0 unspecified atom stereocenters. The molecule has 0 aliphatic heterocycles. The largest absolute Gasteiger partial charge is 0.479 e. The summed E-state index contributed by atoms with van der Waals surface area (Å²) in [4.78, 5) is 24.4. The van der Waals surface area contributed by atoms with Crippen LogP contribution in [0.25, 0.3) is 22.3 Å². The summed E-state index contributed by atoms with van der Waals surface area (Å²) in [5.41, 5.74) is 2.38. The van der Waals surface area contributed by atoms with Crippen LogP contribution in [0.3, 0.4) is 0 Å². The smallest absolute Gasteiger partial charge is 0.344 e. The summed E-state index contributed by atoms with van der Waals surface area (Å²) in [7, 11) is 0. The maximum Gasteiger partial charge on any atom is 0.344 e. The minimum Gasteiger partial charge on any atom is -0.479 e. The van der Waals surface area contributed by atoms with Gasteiger partial charge in [-0.3, -0.25) is 4.79 Å². The number of halogens is 1. The highest BCUT2D eigenvalue weighted by Crippen LogP contribution is 2.34. The molecule has 3 rings (SSSR count). The van der Waals surface area contributed by atoms with E-state index >= 15 is 0 Å². The molecule has 2 aromatic carbocycles. The molecule has 1 heterocycles. The van der Waals surface area contributed by atoms with E-state index in [1.54, 1.807) is 6.07 Å². The molecule has 0 saturated heterocycles. The van der Waals surface area contributed by atoms with Crippen molar-refractivity contribution < 1.29 is 19.1 Å². The van der Waals surface area contributed by atoms with E-state index in [1.165, 1.54) is 13.0 Å². The number of fused-ring (bicyclic) bond motifs is 1. The monoisotopic (exact) mass is 414 g/mol. The van der Waals surface area contributed by atoms with Gasteiger partial charge in [-0.25, -0.2) is 4.79 Å². The van der Waals surface area contributed by atoms with E-state index in [0.29, 0.717) is 16.2 Å². The maximum atomic E-state index is 13.1. The van der Waals surface area contributed by atoms with Crippen molar-refractivity contribution >= 4 is 28.5 Å². The van der Waals surface area contributed by atoms with E-state index in [1.807, 2.05) is 31.2 Å². The van der Waals surface area contributed by atoms with Crippen LogP contribution in [0.4, 0.5) is 0 Å². The van der Waals surface area contributed by atoms with E-state index in [9.17, 15) is 14.7 Å². The SMILES string of the molecule is Cc1cc2oc(-c3ccc(C(C)(C)C)cc3)c(O[C@@H](C)C(=O)O)c(=O)c2cc1Cl. The highest BCUT2D eigenvalue weighted by Gasteiger charge is 2.23. The lowest BCUT2D eigenvalue weighted by Crippen LogP contribution is -2.26. The zero-order valence-electron chi connectivity index (χ0n) is 17.0. The second kappa shape index (κ2) is 7.56. The number of carbonyl (C=O) groups is 1. The standard InChI is InChI=1S/C23H23ClO5/c1-12-10-18-16(11-17(12)24)19(25)21(28-13(2)22(26)27)20(29-18)14-6-8-15(9-7-14)23(3,4)5/h6-11,13H,1-5H3,(H,26,27)/t13-/m0/s1. The van der Waals surface area contributed by atoms with Crippen LogP contribution in [-0.4, -0.2) is 17.2 Å². The van der Waals surface area contributed by atoms with Crippen molar-refractivity contribution in [2.45, 2.75) is 46.1 Å². The highest BCUT2D eigenvalue weighted by atomic mass is 35.5. The van der Waals surface area contributed by atoms with Gasteiger partial charge < -0.3 is 14.3 Å². The Labute approximate surface area is 173 Å². The van der Waals surface area contributed by atoms with Gasteiger partial charge in [0.15, 0.2) is 11.9 Å². The molecule has 1 atom stereocenters. The Kier molecular flexibility index (Phi) is 5.46. The Morgan fingerprint density at radius 2 is 1.79 bits per heavy atom. The normalized spacial score (nSPS) is 12.8. The van der Waals surface area contributed by atoms with Crippen LogP contribution in [0.2, 0.25) is 5.02 Å². The summed E-state index contributed by atoms with van der Waals surface area (Å²) in [5.74, 6) is -1.13. The van der Waals surface area contributed by atoms with Crippen LogP contribution < -0.4 is 10.2 Å². The number of hydrogen-bond acceptors (Lipinski definition) is 4. The third-order valence-electron chi connectivity index (χ3n) is 4.79. The third-order valence-corrected chi connectivity index (χ3v) is 5.19.